The van der Waals surface area contributed by atoms with E-state index in [-0.39, 0.29) is 15.3 Å². The van der Waals surface area contributed by atoms with E-state index in [1.165, 1.54) is 22.3 Å². The Morgan fingerprint density at radius 1 is 1.22 bits per heavy atom. The lowest BCUT2D eigenvalue weighted by Crippen LogP contribution is -2.29. The Kier molecular flexibility index (Phi) is 4.72. The van der Waals surface area contributed by atoms with Gasteiger partial charge in [0.2, 0.25) is 0 Å². The van der Waals surface area contributed by atoms with Gasteiger partial charge in [0, 0.05) is 11.4 Å². The lowest BCUT2D eigenvalue weighted by molar-refractivity contribution is -0.122. The van der Waals surface area contributed by atoms with Gasteiger partial charge in [-0.3, -0.25) is 9.69 Å². The first-order chi connectivity index (χ1) is 11.0. The van der Waals surface area contributed by atoms with Gasteiger partial charge in [0.05, 0.1) is 4.91 Å². The van der Waals surface area contributed by atoms with Gasteiger partial charge in [0.1, 0.15) is 4.21 Å². The lowest BCUT2D eigenvalue weighted by atomic mass is 10.4. The fraction of sp³-hybridized carbons (Fsp3) is 0.143. The van der Waals surface area contributed by atoms with Gasteiger partial charge in [-0.25, -0.2) is 0 Å². The molecular formula is C14H12N2O3S4. The summed E-state index contributed by atoms with van der Waals surface area (Å²) < 4.78 is 28.6. The van der Waals surface area contributed by atoms with Crippen LogP contribution in [-0.2, 0) is 14.8 Å². The molecule has 3 rings (SSSR count). The normalized spacial score (nSPS) is 19.2. The van der Waals surface area contributed by atoms with Crippen molar-refractivity contribution in [2.24, 2.45) is 4.40 Å². The summed E-state index contributed by atoms with van der Waals surface area (Å²) in [5.74, 6) is -0.217. The zero-order chi connectivity index (χ0) is 16.4. The maximum Gasteiger partial charge on any atom is 0.294 e. The van der Waals surface area contributed by atoms with E-state index in [1.54, 1.807) is 24.4 Å². The third kappa shape index (κ3) is 3.42. The van der Waals surface area contributed by atoms with Crippen molar-refractivity contribution < 1.29 is 13.2 Å². The number of nitrogens with zero attached hydrogens (tertiary/aromatic N) is 2. The molecule has 0 radical (unpaired) electrons. The molecule has 2 aromatic rings. The summed E-state index contributed by atoms with van der Waals surface area (Å²) in [5, 5.41) is 3.80. The minimum Gasteiger partial charge on any atom is -0.286 e. The standard InChI is InChI=1S/C14H12N2O3S4/c1-2-16-13(17)11(9-10-5-3-7-20-10)22-14(16)15-23(18,19)12-6-4-8-21-12/h3-9H,2H2,1H3/b11-9-,15-14+. The summed E-state index contributed by atoms with van der Waals surface area (Å²) in [4.78, 5) is 15.2. The predicted octanol–water partition coefficient (Wildman–Crippen LogP) is 3.49. The largest absolute Gasteiger partial charge is 0.294 e. The van der Waals surface area contributed by atoms with Crippen molar-refractivity contribution in [3.8, 4) is 0 Å². The Hall–Kier alpha value is -1.42. The van der Waals surface area contributed by atoms with Crippen LogP contribution in [0.1, 0.15) is 11.8 Å². The molecule has 1 amide bonds. The molecule has 3 heterocycles. The van der Waals surface area contributed by atoms with E-state index in [4.69, 9.17) is 0 Å². The third-order valence-corrected chi connectivity index (χ3v) is 7.55. The van der Waals surface area contributed by atoms with Crippen LogP contribution in [0.4, 0.5) is 0 Å². The molecule has 23 heavy (non-hydrogen) atoms. The molecule has 9 heteroatoms. The Bertz CT molecular complexity index is 865. The monoisotopic (exact) mass is 384 g/mol. The molecule has 0 saturated carbocycles. The Morgan fingerprint density at radius 3 is 2.57 bits per heavy atom. The minimum atomic E-state index is -3.79. The lowest BCUT2D eigenvalue weighted by Gasteiger charge is -2.11. The molecule has 1 aliphatic rings. The first-order valence-electron chi connectivity index (χ1n) is 6.64. The highest BCUT2D eigenvalue weighted by Crippen LogP contribution is 2.34. The Balaban J connectivity index is 1.97. The van der Waals surface area contributed by atoms with Crippen molar-refractivity contribution in [3.05, 3.63) is 44.8 Å². The highest BCUT2D eigenvalue weighted by Gasteiger charge is 2.34. The van der Waals surface area contributed by atoms with Crippen molar-refractivity contribution >= 4 is 61.6 Å². The molecule has 5 nitrogen and oxygen atoms in total. The van der Waals surface area contributed by atoms with E-state index in [9.17, 15) is 13.2 Å². The van der Waals surface area contributed by atoms with Crippen LogP contribution in [0, 0.1) is 0 Å². The Morgan fingerprint density at radius 2 is 1.96 bits per heavy atom. The number of rotatable bonds is 4. The number of amidine groups is 1. The van der Waals surface area contributed by atoms with E-state index >= 15 is 0 Å². The number of carbonyl (C=O) groups is 1. The molecule has 1 fully saturated rings. The zero-order valence-corrected chi connectivity index (χ0v) is 15.3. The highest BCUT2D eigenvalue weighted by molar-refractivity contribution is 8.19. The minimum absolute atomic E-state index is 0.171. The summed E-state index contributed by atoms with van der Waals surface area (Å²) in [5.41, 5.74) is 0. The number of hydrogen-bond acceptors (Lipinski definition) is 6. The second-order valence-electron chi connectivity index (χ2n) is 4.46. The molecule has 120 valence electrons. The predicted molar refractivity (Wildman–Crippen MR) is 96.2 cm³/mol. The van der Waals surface area contributed by atoms with Crippen LogP contribution >= 0.6 is 34.4 Å². The maximum atomic E-state index is 12.4. The number of carbonyl (C=O) groups excluding carboxylic acids is 1. The molecule has 1 saturated heterocycles. The number of thioether (sulfide) groups is 1. The van der Waals surface area contributed by atoms with Gasteiger partial charge < -0.3 is 0 Å². The first kappa shape index (κ1) is 16.4. The van der Waals surface area contributed by atoms with E-state index in [0.29, 0.717) is 11.4 Å². The summed E-state index contributed by atoms with van der Waals surface area (Å²) in [7, 11) is -3.79. The topological polar surface area (TPSA) is 66.8 Å². The van der Waals surface area contributed by atoms with Crippen molar-refractivity contribution in [1.29, 1.82) is 0 Å². The van der Waals surface area contributed by atoms with Crippen molar-refractivity contribution in [2.75, 3.05) is 6.54 Å². The van der Waals surface area contributed by atoms with Crippen molar-refractivity contribution in [1.82, 2.24) is 4.90 Å². The number of amides is 1. The second-order valence-corrected chi connectivity index (χ2v) is 9.22. The summed E-state index contributed by atoms with van der Waals surface area (Å²) in [6.07, 6.45) is 1.76. The summed E-state index contributed by atoms with van der Waals surface area (Å²) >= 11 is 3.72. The fourth-order valence-corrected chi connectivity index (χ4v) is 5.85. The van der Waals surface area contributed by atoms with E-state index in [1.807, 2.05) is 17.5 Å². The maximum absolute atomic E-state index is 12.4. The molecule has 0 aliphatic carbocycles. The molecular weight excluding hydrogens is 372 g/mol. The van der Waals surface area contributed by atoms with Crippen LogP contribution in [0.3, 0.4) is 0 Å². The van der Waals surface area contributed by atoms with Gasteiger partial charge in [-0.05, 0) is 47.7 Å². The molecule has 0 aromatic carbocycles. The van der Waals surface area contributed by atoms with E-state index < -0.39 is 10.0 Å². The zero-order valence-electron chi connectivity index (χ0n) is 12.0. The number of hydrogen-bond donors (Lipinski definition) is 0. The van der Waals surface area contributed by atoms with Gasteiger partial charge in [0.25, 0.3) is 15.9 Å². The van der Waals surface area contributed by atoms with Crippen LogP contribution < -0.4 is 0 Å². The van der Waals surface area contributed by atoms with Crippen LogP contribution in [-0.4, -0.2) is 30.9 Å². The van der Waals surface area contributed by atoms with Crippen LogP contribution in [0.25, 0.3) is 6.08 Å². The average Bonchev–Trinajstić information content (AvgIpc) is 3.23. The molecule has 0 N–H and O–H groups in total. The fourth-order valence-electron chi connectivity index (χ4n) is 1.92. The molecule has 0 bridgehead atoms. The average molecular weight is 385 g/mol. The third-order valence-electron chi connectivity index (χ3n) is 2.97. The van der Waals surface area contributed by atoms with Gasteiger partial charge >= 0.3 is 0 Å². The molecule has 0 spiro atoms. The quantitative estimate of drug-likeness (QED) is 0.757. The summed E-state index contributed by atoms with van der Waals surface area (Å²) in [6.45, 7) is 2.16. The van der Waals surface area contributed by atoms with Gasteiger partial charge in [0.15, 0.2) is 5.17 Å². The van der Waals surface area contributed by atoms with Crippen LogP contribution in [0.15, 0.2) is 48.5 Å². The van der Waals surface area contributed by atoms with Gasteiger partial charge in [-0.1, -0.05) is 12.1 Å². The summed E-state index contributed by atoms with van der Waals surface area (Å²) in [6, 6.07) is 6.96. The molecule has 1 aliphatic heterocycles. The SMILES string of the molecule is CCN1C(=O)/C(=C/c2cccs2)S/C1=N/S(=O)(=O)c1cccs1. The second kappa shape index (κ2) is 6.60. The van der Waals surface area contributed by atoms with Crippen LogP contribution in [0.2, 0.25) is 0 Å². The first-order valence-corrected chi connectivity index (χ1v) is 10.7. The van der Waals surface area contributed by atoms with Gasteiger partial charge in [-0.15, -0.1) is 27.1 Å². The van der Waals surface area contributed by atoms with E-state index in [2.05, 4.69) is 4.40 Å². The van der Waals surface area contributed by atoms with Crippen molar-refractivity contribution in [2.45, 2.75) is 11.1 Å². The van der Waals surface area contributed by atoms with E-state index in [0.717, 1.165) is 28.0 Å². The van der Waals surface area contributed by atoms with Crippen molar-refractivity contribution in [3.63, 3.8) is 0 Å². The highest BCUT2D eigenvalue weighted by atomic mass is 32.2. The number of thiophene rings is 2. The molecule has 0 atom stereocenters. The molecule has 0 unspecified atom stereocenters. The smallest absolute Gasteiger partial charge is 0.286 e. The van der Waals surface area contributed by atoms with Gasteiger partial charge in [-0.2, -0.15) is 8.42 Å². The molecule has 2 aromatic heterocycles. The number of likely N-dealkylation sites (N-methyl/N-ethyl adjacent to an activating group) is 1. The van der Waals surface area contributed by atoms with Crippen LogP contribution in [0.5, 0.6) is 0 Å². The number of sulfonamides is 1. The Labute approximate surface area is 146 Å².